The number of benzene rings is 4. The van der Waals surface area contributed by atoms with Crippen molar-refractivity contribution in [3.63, 3.8) is 0 Å². The Morgan fingerprint density at radius 3 is 2.43 bits per heavy atom. The van der Waals surface area contributed by atoms with Gasteiger partial charge in [0, 0.05) is 17.7 Å². The zero-order valence-corrected chi connectivity index (χ0v) is 19.3. The first-order chi connectivity index (χ1) is 17.9. The zero-order chi connectivity index (χ0) is 25.9. The van der Waals surface area contributed by atoms with Crippen LogP contribution < -0.4 is 15.0 Å². The molecule has 0 aromatic heterocycles. The van der Waals surface area contributed by atoms with E-state index in [-0.39, 0.29) is 23.6 Å². The highest BCUT2D eigenvalue weighted by molar-refractivity contribution is 6.39. The highest BCUT2D eigenvalue weighted by Gasteiger charge is 2.37. The summed E-state index contributed by atoms with van der Waals surface area (Å²) < 4.78 is 6.07. The van der Waals surface area contributed by atoms with E-state index in [1.165, 1.54) is 24.3 Å². The number of carbonyl (C=O) groups excluding carboxylic acids is 3. The lowest BCUT2D eigenvalue weighted by Gasteiger charge is -2.26. The first kappa shape index (κ1) is 23.4. The van der Waals surface area contributed by atoms with Crippen LogP contribution in [0.3, 0.4) is 0 Å². The van der Waals surface area contributed by atoms with Crippen molar-refractivity contribution in [2.45, 2.75) is 6.61 Å². The monoisotopic (exact) mass is 493 g/mol. The summed E-state index contributed by atoms with van der Waals surface area (Å²) in [5.41, 5.74) is 0.774. The fourth-order valence-corrected chi connectivity index (χ4v) is 4.07. The number of fused-ring (bicyclic) bond motifs is 1. The van der Waals surface area contributed by atoms with Crippen LogP contribution in [0.15, 0.2) is 96.6 Å². The maximum Gasteiger partial charge on any atom is 0.335 e. The van der Waals surface area contributed by atoms with Crippen molar-refractivity contribution in [2.75, 3.05) is 4.90 Å². The predicted octanol–water partition coefficient (Wildman–Crippen LogP) is 4.99. The second kappa shape index (κ2) is 9.74. The smallest absolute Gasteiger partial charge is 0.335 e. The number of urea groups is 1. The van der Waals surface area contributed by atoms with Gasteiger partial charge in [0.1, 0.15) is 17.9 Å². The molecular formula is C28H19N3O6. The number of imide groups is 2. The predicted molar refractivity (Wildman–Crippen MR) is 137 cm³/mol. The number of carbonyl (C=O) groups is 3. The molecule has 5 rings (SSSR count). The molecule has 182 valence electrons. The molecule has 1 saturated heterocycles. The molecule has 0 bridgehead atoms. The summed E-state index contributed by atoms with van der Waals surface area (Å²) >= 11 is 0. The average Bonchev–Trinajstić information content (AvgIpc) is 2.90. The Kier molecular flexibility index (Phi) is 6.17. The van der Waals surface area contributed by atoms with E-state index in [4.69, 9.17) is 4.74 Å². The number of non-ortho nitro benzene ring substituents is 1. The van der Waals surface area contributed by atoms with Gasteiger partial charge in [0.05, 0.1) is 10.6 Å². The van der Waals surface area contributed by atoms with Gasteiger partial charge in [-0.15, -0.1) is 0 Å². The molecule has 9 nitrogen and oxygen atoms in total. The van der Waals surface area contributed by atoms with Gasteiger partial charge in [-0.3, -0.25) is 25.0 Å². The summed E-state index contributed by atoms with van der Waals surface area (Å²) in [7, 11) is 0. The molecule has 1 N–H and O–H groups in total. The van der Waals surface area contributed by atoms with Gasteiger partial charge < -0.3 is 4.74 Å². The Hall–Kier alpha value is -5.31. The summed E-state index contributed by atoms with van der Waals surface area (Å²) in [5.74, 6) is -1.34. The highest BCUT2D eigenvalue weighted by Crippen LogP contribution is 2.32. The zero-order valence-electron chi connectivity index (χ0n) is 19.3. The molecule has 0 spiro atoms. The number of nitrogens with one attached hydrogen (secondary N) is 1. The third-order valence-corrected chi connectivity index (χ3v) is 5.86. The summed E-state index contributed by atoms with van der Waals surface area (Å²) in [5, 5.41) is 14.9. The molecule has 4 aromatic carbocycles. The summed E-state index contributed by atoms with van der Waals surface area (Å²) in [6.07, 6.45) is 1.39. The van der Waals surface area contributed by atoms with Crippen LogP contribution in [-0.4, -0.2) is 22.8 Å². The summed E-state index contributed by atoms with van der Waals surface area (Å²) in [6.45, 7) is 0.258. The van der Waals surface area contributed by atoms with Crippen molar-refractivity contribution < 1.29 is 24.0 Å². The number of nitro benzene ring substituents is 1. The van der Waals surface area contributed by atoms with Gasteiger partial charge in [-0.25, -0.2) is 9.69 Å². The summed E-state index contributed by atoms with van der Waals surface area (Å²) in [6, 6.07) is 24.6. The van der Waals surface area contributed by atoms with E-state index in [2.05, 4.69) is 5.32 Å². The van der Waals surface area contributed by atoms with Crippen molar-refractivity contribution in [2.24, 2.45) is 0 Å². The van der Waals surface area contributed by atoms with Crippen LogP contribution in [0.4, 0.5) is 16.2 Å². The van der Waals surface area contributed by atoms with Crippen LogP contribution >= 0.6 is 0 Å². The molecule has 0 atom stereocenters. The lowest BCUT2D eigenvalue weighted by molar-refractivity contribution is -0.384. The number of nitrogens with zero attached hydrogens (tertiary/aromatic N) is 2. The minimum Gasteiger partial charge on any atom is -0.488 e. The maximum atomic E-state index is 13.4. The van der Waals surface area contributed by atoms with Gasteiger partial charge in [-0.05, 0) is 34.5 Å². The molecule has 4 amide bonds. The van der Waals surface area contributed by atoms with Crippen LogP contribution in [0.1, 0.15) is 11.1 Å². The molecule has 0 saturated carbocycles. The summed E-state index contributed by atoms with van der Waals surface area (Å²) in [4.78, 5) is 50.1. The van der Waals surface area contributed by atoms with Crippen LogP contribution in [0.25, 0.3) is 16.8 Å². The third kappa shape index (κ3) is 4.65. The molecule has 0 unspecified atom stereocenters. The molecule has 0 radical (unpaired) electrons. The number of anilines is 1. The fraction of sp³-hybridized carbons (Fsp3) is 0.0357. The Bertz CT molecular complexity index is 1600. The number of hydrogen-bond acceptors (Lipinski definition) is 6. The first-order valence-corrected chi connectivity index (χ1v) is 11.3. The molecular weight excluding hydrogens is 474 g/mol. The molecule has 4 aromatic rings. The van der Waals surface area contributed by atoms with Crippen molar-refractivity contribution >= 4 is 46.1 Å². The number of amides is 4. The van der Waals surface area contributed by atoms with E-state index in [1.807, 2.05) is 60.7 Å². The van der Waals surface area contributed by atoms with Gasteiger partial charge in [0.15, 0.2) is 0 Å². The van der Waals surface area contributed by atoms with E-state index in [0.29, 0.717) is 16.2 Å². The number of hydrogen-bond donors (Lipinski definition) is 1. The van der Waals surface area contributed by atoms with E-state index in [9.17, 15) is 24.5 Å². The quantitative estimate of drug-likeness (QED) is 0.175. The van der Waals surface area contributed by atoms with Crippen molar-refractivity contribution in [3.8, 4) is 5.75 Å². The van der Waals surface area contributed by atoms with Crippen molar-refractivity contribution in [1.29, 1.82) is 0 Å². The second-order valence-corrected chi connectivity index (χ2v) is 8.21. The van der Waals surface area contributed by atoms with Gasteiger partial charge in [0.25, 0.3) is 17.5 Å². The lowest BCUT2D eigenvalue weighted by atomic mass is 9.99. The van der Waals surface area contributed by atoms with Gasteiger partial charge in [-0.1, -0.05) is 66.7 Å². The molecule has 1 fully saturated rings. The average molecular weight is 493 g/mol. The van der Waals surface area contributed by atoms with Crippen LogP contribution in [-0.2, 0) is 16.2 Å². The highest BCUT2D eigenvalue weighted by atomic mass is 16.6. The van der Waals surface area contributed by atoms with Crippen molar-refractivity contribution in [3.05, 3.63) is 118 Å². The third-order valence-electron chi connectivity index (χ3n) is 5.86. The molecule has 37 heavy (non-hydrogen) atoms. The Morgan fingerprint density at radius 2 is 1.65 bits per heavy atom. The number of barbiturate groups is 1. The maximum absolute atomic E-state index is 13.4. The molecule has 9 heteroatoms. The molecule has 1 aliphatic rings. The van der Waals surface area contributed by atoms with E-state index in [0.717, 1.165) is 22.4 Å². The first-order valence-electron chi connectivity index (χ1n) is 11.3. The van der Waals surface area contributed by atoms with Gasteiger partial charge >= 0.3 is 6.03 Å². The Morgan fingerprint density at radius 1 is 0.892 bits per heavy atom. The van der Waals surface area contributed by atoms with Crippen LogP contribution in [0.2, 0.25) is 0 Å². The van der Waals surface area contributed by atoms with Crippen LogP contribution in [0, 0.1) is 10.1 Å². The minimum absolute atomic E-state index is 0.0337. The van der Waals surface area contributed by atoms with E-state index in [1.54, 1.807) is 6.07 Å². The molecule has 0 aliphatic carbocycles. The van der Waals surface area contributed by atoms with Gasteiger partial charge in [0.2, 0.25) is 0 Å². The number of rotatable bonds is 6. The molecule has 1 aliphatic heterocycles. The normalized spacial score (nSPS) is 14.6. The standard InChI is InChI=1S/C28H19N3O6/c32-26-24(27(33)30(28(34)29-26)20-10-6-11-21(15-20)31(35)36)16-23-22-12-5-4-9-19(22)13-14-25(23)37-17-18-7-2-1-3-8-18/h1-16H,17H2,(H,29,32,34)/b24-16+. The van der Waals surface area contributed by atoms with Crippen molar-refractivity contribution in [1.82, 2.24) is 5.32 Å². The SMILES string of the molecule is O=C1NC(=O)N(c2cccc([N+](=O)[O-])c2)C(=O)/C1=C/c1c(OCc2ccccc2)ccc2ccccc12. The lowest BCUT2D eigenvalue weighted by Crippen LogP contribution is -2.54. The Labute approximate surface area is 210 Å². The fourth-order valence-electron chi connectivity index (χ4n) is 4.07. The number of ether oxygens (including phenoxy) is 1. The minimum atomic E-state index is -0.994. The largest absolute Gasteiger partial charge is 0.488 e. The van der Waals surface area contributed by atoms with Gasteiger partial charge in [-0.2, -0.15) is 0 Å². The topological polar surface area (TPSA) is 119 Å². The van der Waals surface area contributed by atoms with E-state index >= 15 is 0 Å². The van der Waals surface area contributed by atoms with Crippen LogP contribution in [0.5, 0.6) is 5.75 Å². The second-order valence-electron chi connectivity index (χ2n) is 8.21. The molecule has 1 heterocycles. The van der Waals surface area contributed by atoms with E-state index < -0.39 is 22.8 Å². The number of nitro groups is 1. The Balaban J connectivity index is 1.59.